The van der Waals surface area contributed by atoms with Crippen LogP contribution in [0.5, 0.6) is 17.2 Å². The second-order valence-corrected chi connectivity index (χ2v) is 8.13. The second kappa shape index (κ2) is 8.80. The highest BCUT2D eigenvalue weighted by molar-refractivity contribution is 7.92. The normalized spacial score (nSPS) is 11.1. The van der Waals surface area contributed by atoms with Crippen molar-refractivity contribution in [3.8, 4) is 17.2 Å². The summed E-state index contributed by atoms with van der Waals surface area (Å²) in [6.45, 7) is 2.49. The summed E-state index contributed by atoms with van der Waals surface area (Å²) >= 11 is 0. The fraction of sp³-hybridized carbons (Fsp3) is 0.182. The summed E-state index contributed by atoms with van der Waals surface area (Å²) in [5.41, 5.74) is 2.68. The lowest BCUT2D eigenvalue weighted by atomic mass is 10.0. The van der Waals surface area contributed by atoms with Crippen LogP contribution in [0.1, 0.15) is 18.1 Å². The van der Waals surface area contributed by atoms with E-state index in [0.29, 0.717) is 30.2 Å². The van der Waals surface area contributed by atoms with Crippen LogP contribution in [0.15, 0.2) is 72.8 Å². The van der Waals surface area contributed by atoms with E-state index >= 15 is 0 Å². The largest absolute Gasteiger partial charge is 0.490 e. The first-order valence-corrected chi connectivity index (χ1v) is 10.9. The van der Waals surface area contributed by atoms with Crippen molar-refractivity contribution < 1.29 is 17.9 Å². The molecule has 0 aliphatic carbocycles. The van der Waals surface area contributed by atoms with Gasteiger partial charge in [-0.15, -0.1) is 0 Å². The minimum atomic E-state index is -3.27. The molecule has 0 bridgehead atoms. The molecule has 0 spiro atoms. The van der Waals surface area contributed by atoms with E-state index in [1.54, 1.807) is 12.1 Å². The van der Waals surface area contributed by atoms with Crippen molar-refractivity contribution in [2.75, 3.05) is 17.6 Å². The molecule has 0 saturated carbocycles. The van der Waals surface area contributed by atoms with Crippen molar-refractivity contribution in [3.05, 3.63) is 83.9 Å². The van der Waals surface area contributed by atoms with Gasteiger partial charge in [-0.2, -0.15) is 0 Å². The van der Waals surface area contributed by atoms with E-state index in [-0.39, 0.29) is 0 Å². The maximum atomic E-state index is 11.3. The Morgan fingerprint density at radius 3 is 2.18 bits per heavy atom. The molecule has 3 aromatic rings. The van der Waals surface area contributed by atoms with Crippen LogP contribution in [-0.4, -0.2) is 21.3 Å². The first kappa shape index (κ1) is 19.8. The number of sulfonamides is 1. The van der Waals surface area contributed by atoms with Gasteiger partial charge in [-0.3, -0.25) is 4.72 Å². The monoisotopic (exact) mass is 397 g/mol. The average molecular weight is 397 g/mol. The van der Waals surface area contributed by atoms with Crippen molar-refractivity contribution in [1.82, 2.24) is 0 Å². The molecule has 0 amide bonds. The van der Waals surface area contributed by atoms with E-state index < -0.39 is 10.0 Å². The predicted molar refractivity (Wildman–Crippen MR) is 112 cm³/mol. The van der Waals surface area contributed by atoms with E-state index in [0.717, 1.165) is 23.1 Å². The Labute approximate surface area is 166 Å². The first-order chi connectivity index (χ1) is 13.4. The average Bonchev–Trinajstić information content (AvgIpc) is 2.65. The highest BCUT2D eigenvalue weighted by Gasteiger charge is 2.09. The third kappa shape index (κ3) is 5.76. The lowest BCUT2D eigenvalue weighted by molar-refractivity contribution is 0.321. The van der Waals surface area contributed by atoms with Gasteiger partial charge in [0.1, 0.15) is 5.75 Å². The topological polar surface area (TPSA) is 64.6 Å². The van der Waals surface area contributed by atoms with E-state index in [4.69, 9.17) is 9.47 Å². The molecule has 5 nitrogen and oxygen atoms in total. The van der Waals surface area contributed by atoms with Gasteiger partial charge in [0.25, 0.3) is 0 Å². The molecule has 0 aliphatic heterocycles. The maximum absolute atomic E-state index is 11.3. The molecule has 6 heteroatoms. The van der Waals surface area contributed by atoms with Crippen LogP contribution in [-0.2, 0) is 16.4 Å². The van der Waals surface area contributed by atoms with E-state index in [2.05, 4.69) is 4.72 Å². The molecule has 0 aromatic heterocycles. The molecular weight excluding hydrogens is 374 g/mol. The van der Waals surface area contributed by atoms with Crippen LogP contribution in [0, 0.1) is 0 Å². The number of hydrogen-bond donors (Lipinski definition) is 1. The zero-order valence-corrected chi connectivity index (χ0v) is 16.7. The molecule has 0 atom stereocenters. The van der Waals surface area contributed by atoms with Crippen LogP contribution < -0.4 is 14.2 Å². The Kier molecular flexibility index (Phi) is 6.21. The molecular formula is C22H23NO4S. The molecule has 0 radical (unpaired) electrons. The molecule has 0 aliphatic rings. The van der Waals surface area contributed by atoms with E-state index in [9.17, 15) is 8.42 Å². The van der Waals surface area contributed by atoms with Gasteiger partial charge in [0.15, 0.2) is 11.5 Å². The molecule has 146 valence electrons. The quantitative estimate of drug-likeness (QED) is 0.591. The Morgan fingerprint density at radius 1 is 0.857 bits per heavy atom. The standard InChI is InChI=1S/C22H23NO4S/c1-3-26-21-14-11-18(16-22(21)27-20-7-5-4-6-8-20)15-17-9-12-19(13-10-17)23-28(2,24)25/h4-14,16,23H,3,15H2,1-2H3. The molecule has 1 N–H and O–H groups in total. The minimum Gasteiger partial charge on any atom is -0.490 e. The molecule has 28 heavy (non-hydrogen) atoms. The molecule has 3 aromatic carbocycles. The Morgan fingerprint density at radius 2 is 1.54 bits per heavy atom. The number of hydrogen-bond acceptors (Lipinski definition) is 4. The predicted octanol–water partition coefficient (Wildman–Crippen LogP) is 4.84. The molecule has 0 heterocycles. The van der Waals surface area contributed by atoms with Gasteiger partial charge in [0, 0.05) is 5.69 Å². The third-order valence-corrected chi connectivity index (χ3v) is 4.55. The van der Waals surface area contributed by atoms with Crippen LogP contribution in [0.4, 0.5) is 5.69 Å². The van der Waals surface area contributed by atoms with Crippen LogP contribution in [0.25, 0.3) is 0 Å². The minimum absolute atomic E-state index is 0.547. The number of anilines is 1. The van der Waals surface area contributed by atoms with Crippen molar-refractivity contribution in [3.63, 3.8) is 0 Å². The third-order valence-electron chi connectivity index (χ3n) is 3.94. The Balaban J connectivity index is 1.79. The van der Waals surface area contributed by atoms with Gasteiger partial charge in [-0.1, -0.05) is 36.4 Å². The van der Waals surface area contributed by atoms with Crippen molar-refractivity contribution in [2.24, 2.45) is 0 Å². The molecule has 0 saturated heterocycles. The summed E-state index contributed by atoms with van der Waals surface area (Å²) in [5.74, 6) is 2.11. The van der Waals surface area contributed by atoms with Gasteiger partial charge in [0.2, 0.25) is 10.0 Å². The summed E-state index contributed by atoms with van der Waals surface area (Å²) in [5, 5.41) is 0. The van der Waals surface area contributed by atoms with Crippen LogP contribution >= 0.6 is 0 Å². The zero-order valence-electron chi connectivity index (χ0n) is 15.9. The van der Waals surface area contributed by atoms with Gasteiger partial charge >= 0.3 is 0 Å². The number of nitrogens with one attached hydrogen (secondary N) is 1. The number of ether oxygens (including phenoxy) is 2. The van der Waals surface area contributed by atoms with Crippen molar-refractivity contribution in [1.29, 1.82) is 0 Å². The lowest BCUT2D eigenvalue weighted by Crippen LogP contribution is -2.09. The summed E-state index contributed by atoms with van der Waals surface area (Å²) in [6, 6.07) is 22.8. The number of benzene rings is 3. The number of para-hydroxylation sites is 1. The maximum Gasteiger partial charge on any atom is 0.229 e. The van der Waals surface area contributed by atoms with Crippen molar-refractivity contribution in [2.45, 2.75) is 13.3 Å². The van der Waals surface area contributed by atoms with Gasteiger partial charge in [-0.05, 0) is 60.9 Å². The zero-order chi connectivity index (χ0) is 20.0. The Hall–Kier alpha value is -2.99. The van der Waals surface area contributed by atoms with Crippen molar-refractivity contribution >= 4 is 15.7 Å². The van der Waals surface area contributed by atoms with E-state index in [1.165, 1.54) is 0 Å². The summed E-state index contributed by atoms with van der Waals surface area (Å²) in [4.78, 5) is 0. The van der Waals surface area contributed by atoms with Crippen LogP contribution in [0.3, 0.4) is 0 Å². The fourth-order valence-electron chi connectivity index (χ4n) is 2.77. The fourth-order valence-corrected chi connectivity index (χ4v) is 3.34. The van der Waals surface area contributed by atoms with Gasteiger partial charge in [0.05, 0.1) is 12.9 Å². The molecule has 0 unspecified atom stereocenters. The highest BCUT2D eigenvalue weighted by atomic mass is 32.2. The summed E-state index contributed by atoms with van der Waals surface area (Å²) < 4.78 is 36.8. The van der Waals surface area contributed by atoms with Crippen LogP contribution in [0.2, 0.25) is 0 Å². The molecule has 0 fully saturated rings. The highest BCUT2D eigenvalue weighted by Crippen LogP contribution is 2.33. The first-order valence-electron chi connectivity index (χ1n) is 8.98. The smallest absolute Gasteiger partial charge is 0.229 e. The lowest BCUT2D eigenvalue weighted by Gasteiger charge is -2.13. The SMILES string of the molecule is CCOc1ccc(Cc2ccc(NS(C)(=O)=O)cc2)cc1Oc1ccccc1. The molecule has 3 rings (SSSR count). The summed E-state index contributed by atoms with van der Waals surface area (Å²) in [6.07, 6.45) is 1.83. The Bertz CT molecular complexity index is 1020. The van der Waals surface area contributed by atoms with E-state index in [1.807, 2.05) is 67.6 Å². The second-order valence-electron chi connectivity index (χ2n) is 6.38. The number of rotatable bonds is 8. The van der Waals surface area contributed by atoms with Gasteiger partial charge in [-0.25, -0.2) is 8.42 Å². The van der Waals surface area contributed by atoms with Gasteiger partial charge < -0.3 is 9.47 Å². The summed E-state index contributed by atoms with van der Waals surface area (Å²) in [7, 11) is -3.27.